The SMILES string of the molecule is COCCCn1nnc(CO)c1CCOC. The van der Waals surface area contributed by atoms with Gasteiger partial charge in [-0.3, -0.25) is 0 Å². The molecule has 16 heavy (non-hydrogen) atoms. The van der Waals surface area contributed by atoms with Gasteiger partial charge in [-0.15, -0.1) is 5.10 Å². The summed E-state index contributed by atoms with van der Waals surface area (Å²) < 4.78 is 11.8. The van der Waals surface area contributed by atoms with Gasteiger partial charge in [0.25, 0.3) is 0 Å². The van der Waals surface area contributed by atoms with Crippen molar-refractivity contribution in [1.29, 1.82) is 0 Å². The first-order chi connectivity index (χ1) is 7.83. The molecule has 1 aromatic heterocycles. The first kappa shape index (κ1) is 13.1. The van der Waals surface area contributed by atoms with Crippen molar-refractivity contribution in [2.45, 2.75) is 26.0 Å². The molecule has 1 rings (SSSR count). The number of ether oxygens (including phenoxy) is 2. The van der Waals surface area contributed by atoms with Crippen molar-refractivity contribution >= 4 is 0 Å². The van der Waals surface area contributed by atoms with E-state index in [0.717, 1.165) is 18.7 Å². The summed E-state index contributed by atoms with van der Waals surface area (Å²) in [5.74, 6) is 0. The number of aryl methyl sites for hydroxylation is 1. The number of nitrogens with zero attached hydrogens (tertiary/aromatic N) is 3. The number of hydrogen-bond donors (Lipinski definition) is 1. The summed E-state index contributed by atoms with van der Waals surface area (Å²) in [5.41, 5.74) is 1.58. The predicted molar refractivity (Wildman–Crippen MR) is 58.0 cm³/mol. The van der Waals surface area contributed by atoms with Crippen molar-refractivity contribution in [1.82, 2.24) is 15.0 Å². The van der Waals surface area contributed by atoms with Gasteiger partial charge in [-0.05, 0) is 6.42 Å². The summed E-state index contributed by atoms with van der Waals surface area (Å²) in [6, 6.07) is 0. The summed E-state index contributed by atoms with van der Waals surface area (Å²) in [6.45, 7) is 1.96. The molecule has 0 spiro atoms. The average molecular weight is 229 g/mol. The molecule has 0 atom stereocenters. The van der Waals surface area contributed by atoms with Crippen LogP contribution >= 0.6 is 0 Å². The van der Waals surface area contributed by atoms with Crippen molar-refractivity contribution in [2.24, 2.45) is 0 Å². The van der Waals surface area contributed by atoms with Gasteiger partial charge in [-0.1, -0.05) is 5.21 Å². The molecule has 6 heteroatoms. The molecule has 0 fully saturated rings. The van der Waals surface area contributed by atoms with Crippen LogP contribution in [0, 0.1) is 0 Å². The molecule has 0 aromatic carbocycles. The molecule has 0 aliphatic rings. The van der Waals surface area contributed by atoms with Crippen molar-refractivity contribution < 1.29 is 14.6 Å². The van der Waals surface area contributed by atoms with Crippen molar-refractivity contribution in [3.8, 4) is 0 Å². The Kier molecular flexibility index (Phi) is 5.99. The second-order valence-corrected chi connectivity index (χ2v) is 3.45. The molecule has 0 radical (unpaired) electrons. The molecule has 0 amide bonds. The third kappa shape index (κ3) is 3.55. The number of aliphatic hydroxyl groups excluding tert-OH is 1. The average Bonchev–Trinajstić information content (AvgIpc) is 2.69. The fraction of sp³-hybridized carbons (Fsp3) is 0.800. The molecule has 0 saturated carbocycles. The lowest BCUT2D eigenvalue weighted by molar-refractivity contribution is 0.186. The quantitative estimate of drug-likeness (QED) is 0.635. The lowest BCUT2D eigenvalue weighted by Crippen LogP contribution is -2.10. The first-order valence-electron chi connectivity index (χ1n) is 5.33. The van der Waals surface area contributed by atoms with Crippen LogP contribution < -0.4 is 0 Å². The lowest BCUT2D eigenvalue weighted by atomic mass is 10.2. The number of methoxy groups -OCH3 is 2. The van der Waals surface area contributed by atoms with Crippen LogP contribution in [0.3, 0.4) is 0 Å². The third-order valence-corrected chi connectivity index (χ3v) is 2.33. The normalized spacial score (nSPS) is 10.9. The molecule has 0 aliphatic heterocycles. The van der Waals surface area contributed by atoms with Crippen LogP contribution in [-0.2, 0) is 29.0 Å². The molecule has 1 heterocycles. The van der Waals surface area contributed by atoms with Gasteiger partial charge in [0.05, 0.1) is 18.9 Å². The van der Waals surface area contributed by atoms with Crippen LogP contribution in [0.1, 0.15) is 17.8 Å². The van der Waals surface area contributed by atoms with Crippen molar-refractivity contribution in [3.05, 3.63) is 11.4 Å². The Bertz CT molecular complexity index is 301. The number of aromatic nitrogens is 3. The largest absolute Gasteiger partial charge is 0.390 e. The van der Waals surface area contributed by atoms with E-state index in [4.69, 9.17) is 14.6 Å². The maximum absolute atomic E-state index is 9.12. The smallest absolute Gasteiger partial charge is 0.111 e. The minimum atomic E-state index is -0.0800. The zero-order valence-corrected chi connectivity index (χ0v) is 9.85. The second kappa shape index (κ2) is 7.32. The zero-order chi connectivity index (χ0) is 11.8. The molecule has 92 valence electrons. The van der Waals surface area contributed by atoms with Crippen molar-refractivity contribution in [2.75, 3.05) is 27.4 Å². The van der Waals surface area contributed by atoms with E-state index in [2.05, 4.69) is 10.3 Å². The van der Waals surface area contributed by atoms with Crippen LogP contribution in [-0.4, -0.2) is 47.5 Å². The molecule has 6 nitrogen and oxygen atoms in total. The predicted octanol–water partition coefficient (Wildman–Crippen LogP) is -0.00420. The maximum atomic E-state index is 9.12. The van der Waals surface area contributed by atoms with E-state index >= 15 is 0 Å². The molecule has 1 N–H and O–H groups in total. The van der Waals surface area contributed by atoms with Gasteiger partial charge in [0, 0.05) is 33.8 Å². The minimum Gasteiger partial charge on any atom is -0.390 e. The molecule has 0 bridgehead atoms. The summed E-state index contributed by atoms with van der Waals surface area (Å²) in [5, 5.41) is 17.1. The van der Waals surface area contributed by atoms with Crippen LogP contribution in [0.25, 0.3) is 0 Å². The van der Waals surface area contributed by atoms with E-state index < -0.39 is 0 Å². The van der Waals surface area contributed by atoms with E-state index in [1.54, 1.807) is 14.2 Å². The zero-order valence-electron chi connectivity index (χ0n) is 9.85. The van der Waals surface area contributed by atoms with Gasteiger partial charge >= 0.3 is 0 Å². The van der Waals surface area contributed by atoms with Crippen molar-refractivity contribution in [3.63, 3.8) is 0 Å². The number of hydrogen-bond acceptors (Lipinski definition) is 5. The van der Waals surface area contributed by atoms with Crippen LogP contribution in [0.15, 0.2) is 0 Å². The minimum absolute atomic E-state index is 0.0800. The summed E-state index contributed by atoms with van der Waals surface area (Å²) >= 11 is 0. The summed E-state index contributed by atoms with van der Waals surface area (Å²) in [7, 11) is 3.32. The van der Waals surface area contributed by atoms with Gasteiger partial charge in [0.1, 0.15) is 5.69 Å². The highest BCUT2D eigenvalue weighted by Crippen LogP contribution is 2.07. The van der Waals surface area contributed by atoms with Gasteiger partial charge in [0.2, 0.25) is 0 Å². The molecule has 1 aromatic rings. The summed E-state index contributed by atoms with van der Waals surface area (Å²) in [4.78, 5) is 0. The Morgan fingerprint density at radius 3 is 2.62 bits per heavy atom. The van der Waals surface area contributed by atoms with Gasteiger partial charge in [-0.25, -0.2) is 4.68 Å². The standard InChI is InChI=1S/C10H19N3O3/c1-15-6-3-5-13-10(4-7-16-2)9(8-14)11-12-13/h14H,3-8H2,1-2H3. The Hall–Kier alpha value is -0.980. The van der Waals surface area contributed by atoms with Gasteiger partial charge < -0.3 is 14.6 Å². The Morgan fingerprint density at radius 2 is 2.00 bits per heavy atom. The lowest BCUT2D eigenvalue weighted by Gasteiger charge is -2.06. The highest BCUT2D eigenvalue weighted by molar-refractivity contribution is 5.09. The Labute approximate surface area is 95.2 Å². The van der Waals surface area contributed by atoms with E-state index in [0.29, 0.717) is 25.3 Å². The monoisotopic (exact) mass is 229 g/mol. The van der Waals surface area contributed by atoms with Gasteiger partial charge in [0.15, 0.2) is 0 Å². The van der Waals surface area contributed by atoms with Crippen LogP contribution in [0.5, 0.6) is 0 Å². The van der Waals surface area contributed by atoms with Gasteiger partial charge in [-0.2, -0.15) is 0 Å². The highest BCUT2D eigenvalue weighted by Gasteiger charge is 2.11. The van der Waals surface area contributed by atoms with Crippen LogP contribution in [0.2, 0.25) is 0 Å². The highest BCUT2D eigenvalue weighted by atomic mass is 16.5. The molecular formula is C10H19N3O3. The molecular weight excluding hydrogens is 210 g/mol. The van der Waals surface area contributed by atoms with E-state index in [-0.39, 0.29) is 6.61 Å². The fourth-order valence-electron chi connectivity index (χ4n) is 1.50. The van der Waals surface area contributed by atoms with E-state index in [9.17, 15) is 0 Å². The Morgan fingerprint density at radius 1 is 1.25 bits per heavy atom. The maximum Gasteiger partial charge on any atom is 0.111 e. The second-order valence-electron chi connectivity index (χ2n) is 3.45. The third-order valence-electron chi connectivity index (χ3n) is 2.33. The Balaban J connectivity index is 2.62. The van der Waals surface area contributed by atoms with Crippen LogP contribution in [0.4, 0.5) is 0 Å². The van der Waals surface area contributed by atoms with E-state index in [1.807, 2.05) is 4.68 Å². The van der Waals surface area contributed by atoms with E-state index in [1.165, 1.54) is 0 Å². The number of aliphatic hydroxyl groups is 1. The topological polar surface area (TPSA) is 69.4 Å². The molecule has 0 saturated heterocycles. The molecule has 0 aliphatic carbocycles. The molecule has 0 unspecified atom stereocenters. The fourth-order valence-corrected chi connectivity index (χ4v) is 1.50. The first-order valence-corrected chi connectivity index (χ1v) is 5.33. The summed E-state index contributed by atoms with van der Waals surface area (Å²) in [6.07, 6.45) is 1.59. The number of rotatable bonds is 8.